The van der Waals surface area contributed by atoms with Crippen molar-refractivity contribution in [2.24, 2.45) is 0 Å². The summed E-state index contributed by atoms with van der Waals surface area (Å²) in [5.41, 5.74) is 0. The second-order valence-electron chi connectivity index (χ2n) is 1.09. The van der Waals surface area contributed by atoms with E-state index in [4.69, 9.17) is 0 Å². The monoisotopic (exact) mass is 106 g/mol. The molecule has 0 amide bonds. The van der Waals surface area contributed by atoms with E-state index >= 15 is 0 Å². The second kappa shape index (κ2) is 5.63. The van der Waals surface area contributed by atoms with Crippen molar-refractivity contribution >= 4 is 0 Å². The molecule has 7 heavy (non-hydrogen) atoms. The summed E-state index contributed by atoms with van der Waals surface area (Å²) in [6, 6.07) is 0. The first kappa shape index (κ1) is 9.80. The Labute approximate surface area is 43.2 Å². The zero-order valence-electron chi connectivity index (χ0n) is 4.66. The Hall–Kier alpha value is -0.370. The minimum absolute atomic E-state index is 0. The van der Waals surface area contributed by atoms with Crippen LogP contribution in [-0.4, -0.2) is 5.48 Å². The van der Waals surface area contributed by atoms with Gasteiger partial charge in [0.15, 0.2) is 0 Å². The van der Waals surface area contributed by atoms with Crippen molar-refractivity contribution in [1.82, 2.24) is 0 Å². The van der Waals surface area contributed by atoms with E-state index < -0.39 is 0 Å². The predicted molar refractivity (Wildman–Crippen MR) is 28.8 cm³/mol. The van der Waals surface area contributed by atoms with Crippen LogP contribution in [0.25, 0.3) is 0 Å². The molecule has 0 spiro atoms. The lowest BCUT2D eigenvalue weighted by Crippen LogP contribution is -1.61. The molecule has 0 atom stereocenters. The SMILES string of the molecule is CC=C(F)CC.O. The van der Waals surface area contributed by atoms with Gasteiger partial charge in [-0.1, -0.05) is 13.0 Å². The van der Waals surface area contributed by atoms with Crippen molar-refractivity contribution < 1.29 is 9.87 Å². The molecule has 0 aliphatic heterocycles. The molecule has 0 saturated heterocycles. The van der Waals surface area contributed by atoms with Crippen LogP contribution in [0.15, 0.2) is 11.9 Å². The molecule has 0 bridgehead atoms. The first-order valence-corrected chi connectivity index (χ1v) is 2.12. The highest BCUT2D eigenvalue weighted by atomic mass is 19.1. The van der Waals surface area contributed by atoms with Crippen LogP contribution in [0.2, 0.25) is 0 Å². The lowest BCUT2D eigenvalue weighted by atomic mass is 10.4. The van der Waals surface area contributed by atoms with Crippen molar-refractivity contribution in [2.45, 2.75) is 20.3 Å². The first-order chi connectivity index (χ1) is 2.81. The highest BCUT2D eigenvalue weighted by molar-refractivity contribution is 4.85. The van der Waals surface area contributed by atoms with Gasteiger partial charge in [0.2, 0.25) is 0 Å². The van der Waals surface area contributed by atoms with Gasteiger partial charge in [0.05, 0.1) is 5.83 Å². The third kappa shape index (κ3) is 5.63. The Kier molecular flexibility index (Phi) is 7.88. The Morgan fingerprint density at radius 2 is 2.14 bits per heavy atom. The van der Waals surface area contributed by atoms with E-state index in [9.17, 15) is 4.39 Å². The maximum Gasteiger partial charge on any atom is 0.0954 e. The van der Waals surface area contributed by atoms with Gasteiger partial charge in [0.1, 0.15) is 0 Å². The van der Waals surface area contributed by atoms with Gasteiger partial charge < -0.3 is 5.48 Å². The van der Waals surface area contributed by atoms with Crippen LogP contribution >= 0.6 is 0 Å². The van der Waals surface area contributed by atoms with Crippen LogP contribution in [0.1, 0.15) is 20.3 Å². The molecule has 0 aromatic heterocycles. The van der Waals surface area contributed by atoms with Crippen molar-refractivity contribution in [2.75, 3.05) is 0 Å². The van der Waals surface area contributed by atoms with Gasteiger partial charge in [-0.15, -0.1) is 0 Å². The van der Waals surface area contributed by atoms with Gasteiger partial charge in [-0.3, -0.25) is 0 Å². The van der Waals surface area contributed by atoms with Crippen LogP contribution in [0, 0.1) is 0 Å². The van der Waals surface area contributed by atoms with Crippen LogP contribution in [0.5, 0.6) is 0 Å². The summed E-state index contributed by atoms with van der Waals surface area (Å²) in [6.45, 7) is 3.48. The zero-order chi connectivity index (χ0) is 4.99. The van der Waals surface area contributed by atoms with E-state index in [1.54, 1.807) is 13.8 Å². The lowest BCUT2D eigenvalue weighted by molar-refractivity contribution is 0.602. The molecule has 0 fully saturated rings. The molecule has 0 rings (SSSR count). The molecule has 0 unspecified atom stereocenters. The quantitative estimate of drug-likeness (QED) is 0.484. The van der Waals surface area contributed by atoms with Crippen molar-refractivity contribution in [3.05, 3.63) is 11.9 Å². The molecule has 0 saturated carbocycles. The maximum atomic E-state index is 11.7. The number of hydrogen-bond donors (Lipinski definition) is 0. The molecule has 2 heteroatoms. The third-order valence-corrected chi connectivity index (χ3v) is 0.651. The summed E-state index contributed by atoms with van der Waals surface area (Å²) in [5.74, 6) is -0.0324. The van der Waals surface area contributed by atoms with E-state index in [-0.39, 0.29) is 11.3 Å². The topological polar surface area (TPSA) is 31.5 Å². The van der Waals surface area contributed by atoms with Crippen LogP contribution < -0.4 is 0 Å². The van der Waals surface area contributed by atoms with Gasteiger partial charge >= 0.3 is 0 Å². The normalized spacial score (nSPS) is 10.4. The third-order valence-electron chi connectivity index (χ3n) is 0.651. The summed E-state index contributed by atoms with van der Waals surface area (Å²) >= 11 is 0. The lowest BCUT2D eigenvalue weighted by Gasteiger charge is -1.79. The minimum atomic E-state index is -0.0324. The molecule has 0 aromatic carbocycles. The van der Waals surface area contributed by atoms with E-state index in [0.717, 1.165) is 0 Å². The standard InChI is InChI=1S/C5H9F.H2O/c1-3-5(6)4-2;/h3H,4H2,1-2H3;1H2. The predicted octanol–water partition coefficient (Wildman–Crippen LogP) is 1.45. The van der Waals surface area contributed by atoms with E-state index in [2.05, 4.69) is 0 Å². The van der Waals surface area contributed by atoms with Crippen molar-refractivity contribution in [1.29, 1.82) is 0 Å². The molecule has 2 N–H and O–H groups in total. The molecule has 44 valence electrons. The van der Waals surface area contributed by atoms with E-state index in [0.29, 0.717) is 6.42 Å². The Morgan fingerprint density at radius 1 is 1.71 bits per heavy atom. The second-order valence-corrected chi connectivity index (χ2v) is 1.09. The molecule has 0 heterocycles. The molecular weight excluding hydrogens is 95.1 g/mol. The smallest absolute Gasteiger partial charge is 0.0954 e. The molecule has 0 aliphatic carbocycles. The highest BCUT2D eigenvalue weighted by Crippen LogP contribution is 1.98. The Balaban J connectivity index is 0. The summed E-state index contributed by atoms with van der Waals surface area (Å²) in [6.07, 6.45) is 2.00. The fourth-order valence-electron chi connectivity index (χ4n) is 0.204. The molecule has 0 aliphatic rings. The average molecular weight is 106 g/mol. The van der Waals surface area contributed by atoms with Crippen LogP contribution in [-0.2, 0) is 0 Å². The first-order valence-electron chi connectivity index (χ1n) is 2.12. The summed E-state index contributed by atoms with van der Waals surface area (Å²) in [7, 11) is 0. The number of halogens is 1. The van der Waals surface area contributed by atoms with Crippen LogP contribution in [0.4, 0.5) is 4.39 Å². The number of rotatable bonds is 1. The molecular formula is C5H11FO. The van der Waals surface area contributed by atoms with Gasteiger partial charge in [-0.2, -0.15) is 0 Å². The fraction of sp³-hybridized carbons (Fsp3) is 0.600. The maximum absolute atomic E-state index is 11.7. The number of allylic oxidation sites excluding steroid dienone is 2. The molecule has 1 nitrogen and oxygen atoms in total. The van der Waals surface area contributed by atoms with Gasteiger partial charge in [-0.25, -0.2) is 4.39 Å². The molecule has 0 radical (unpaired) electrons. The Bertz CT molecular complexity index is 59.1. The van der Waals surface area contributed by atoms with Gasteiger partial charge in [-0.05, 0) is 13.3 Å². The fourth-order valence-corrected chi connectivity index (χ4v) is 0.204. The van der Waals surface area contributed by atoms with Crippen LogP contribution in [0.3, 0.4) is 0 Å². The summed E-state index contributed by atoms with van der Waals surface area (Å²) in [4.78, 5) is 0. The van der Waals surface area contributed by atoms with E-state index in [1.807, 2.05) is 0 Å². The van der Waals surface area contributed by atoms with Crippen molar-refractivity contribution in [3.8, 4) is 0 Å². The summed E-state index contributed by atoms with van der Waals surface area (Å²) < 4.78 is 11.7. The largest absolute Gasteiger partial charge is 0.412 e. The van der Waals surface area contributed by atoms with Crippen molar-refractivity contribution in [3.63, 3.8) is 0 Å². The Morgan fingerprint density at radius 3 is 2.14 bits per heavy atom. The summed E-state index contributed by atoms with van der Waals surface area (Å²) in [5, 5.41) is 0. The average Bonchev–Trinajstić information content (AvgIpc) is 1.65. The molecule has 0 aromatic rings. The van der Waals surface area contributed by atoms with Gasteiger partial charge in [0.25, 0.3) is 0 Å². The zero-order valence-corrected chi connectivity index (χ0v) is 4.66. The van der Waals surface area contributed by atoms with Gasteiger partial charge in [0, 0.05) is 0 Å². The minimum Gasteiger partial charge on any atom is -0.412 e. The van der Waals surface area contributed by atoms with E-state index in [1.165, 1.54) is 6.08 Å². The number of hydrogen-bond acceptors (Lipinski definition) is 0. The highest BCUT2D eigenvalue weighted by Gasteiger charge is 1.79.